The Morgan fingerprint density at radius 2 is 1.67 bits per heavy atom. The van der Waals surface area contributed by atoms with Gasteiger partial charge >= 0.3 is 0 Å². The smallest absolute Gasteiger partial charge is 0.279 e. The van der Waals surface area contributed by atoms with Crippen molar-refractivity contribution in [3.05, 3.63) is 0 Å². The van der Waals surface area contributed by atoms with E-state index in [1.165, 1.54) is 6.92 Å². The molecule has 0 aromatic heterocycles. The highest BCUT2D eigenvalue weighted by molar-refractivity contribution is 7.92. The molecule has 0 radical (unpaired) electrons. The SMILES string of the molecule is C[C@H]([NH3+])C(=O)NCNC(=O)C(C(=O)[O-])S(C)(=O)=O. The molecule has 0 spiro atoms. The Bertz CT molecular complexity index is 444. The molecule has 0 rings (SSSR count). The first-order valence-electron chi connectivity index (χ1n) is 4.85. The second-order valence-electron chi connectivity index (χ2n) is 3.69. The normalized spacial score (nSPS) is 14.4. The standard InChI is InChI=1S/C8H15N3O6S/c1-4(9)6(12)10-3-11-7(13)5(8(14)15)18(2,16)17/h4-5H,3,9H2,1-2H3,(H,10,12)(H,11,13)(H,14,15)/t4-,5?/m0/s1. The second kappa shape index (κ2) is 6.31. The fourth-order valence-corrected chi connectivity index (χ4v) is 1.78. The van der Waals surface area contributed by atoms with Crippen LogP contribution < -0.4 is 21.5 Å². The van der Waals surface area contributed by atoms with E-state index in [1.54, 1.807) is 0 Å². The maximum Gasteiger partial charge on any atom is 0.279 e. The number of amides is 2. The second-order valence-corrected chi connectivity index (χ2v) is 5.82. The number of rotatable bonds is 6. The average molecular weight is 281 g/mol. The predicted octanol–water partition coefficient (Wildman–Crippen LogP) is -5.03. The molecule has 0 fully saturated rings. The molecule has 2 atom stereocenters. The molecule has 2 amide bonds. The van der Waals surface area contributed by atoms with Crippen molar-refractivity contribution in [3.8, 4) is 0 Å². The third-order valence-corrected chi connectivity index (χ3v) is 3.12. The number of nitrogens with one attached hydrogen (secondary N) is 2. The number of hydrogen-bond donors (Lipinski definition) is 3. The molecule has 0 aliphatic carbocycles. The maximum absolute atomic E-state index is 11.3. The Labute approximate surface area is 104 Å². The molecule has 18 heavy (non-hydrogen) atoms. The van der Waals surface area contributed by atoms with Gasteiger partial charge in [0.1, 0.15) is 0 Å². The van der Waals surface area contributed by atoms with E-state index in [9.17, 15) is 27.9 Å². The highest BCUT2D eigenvalue weighted by Gasteiger charge is 2.30. The van der Waals surface area contributed by atoms with Crippen LogP contribution in [0.5, 0.6) is 0 Å². The van der Waals surface area contributed by atoms with Crippen molar-refractivity contribution in [2.24, 2.45) is 0 Å². The summed E-state index contributed by atoms with van der Waals surface area (Å²) in [5.74, 6) is -3.76. The molecular formula is C8H15N3O6S. The zero-order valence-corrected chi connectivity index (χ0v) is 10.7. The van der Waals surface area contributed by atoms with Crippen LogP contribution in [0, 0.1) is 0 Å². The summed E-state index contributed by atoms with van der Waals surface area (Å²) in [4.78, 5) is 32.9. The van der Waals surface area contributed by atoms with Gasteiger partial charge in [-0.25, -0.2) is 8.42 Å². The minimum atomic E-state index is -4.13. The molecule has 0 aromatic rings. The van der Waals surface area contributed by atoms with Gasteiger partial charge < -0.3 is 26.3 Å². The van der Waals surface area contributed by atoms with Crippen molar-refractivity contribution in [1.29, 1.82) is 0 Å². The van der Waals surface area contributed by atoms with E-state index in [0.29, 0.717) is 6.26 Å². The lowest BCUT2D eigenvalue weighted by molar-refractivity contribution is -0.398. The number of aliphatic carboxylic acids is 1. The van der Waals surface area contributed by atoms with Crippen LogP contribution in [-0.4, -0.2) is 50.4 Å². The van der Waals surface area contributed by atoms with Crippen LogP contribution in [0.2, 0.25) is 0 Å². The van der Waals surface area contributed by atoms with E-state index in [0.717, 1.165) is 0 Å². The van der Waals surface area contributed by atoms with Gasteiger partial charge in [-0.1, -0.05) is 0 Å². The molecule has 0 saturated heterocycles. The van der Waals surface area contributed by atoms with Crippen LogP contribution in [0.15, 0.2) is 0 Å². The summed E-state index contributed by atoms with van der Waals surface area (Å²) in [6, 6.07) is -0.561. The highest BCUT2D eigenvalue weighted by atomic mass is 32.2. The molecule has 0 heterocycles. The van der Waals surface area contributed by atoms with Crippen LogP contribution in [0.1, 0.15) is 6.92 Å². The fraction of sp³-hybridized carbons (Fsp3) is 0.625. The van der Waals surface area contributed by atoms with E-state index in [1.807, 2.05) is 5.32 Å². The maximum atomic E-state index is 11.3. The highest BCUT2D eigenvalue weighted by Crippen LogP contribution is 1.97. The van der Waals surface area contributed by atoms with Gasteiger partial charge in [0.2, 0.25) is 5.91 Å². The summed E-state index contributed by atoms with van der Waals surface area (Å²) in [6.07, 6.45) is 0.601. The summed E-state index contributed by atoms with van der Waals surface area (Å²) in [7, 11) is -4.13. The van der Waals surface area contributed by atoms with Gasteiger partial charge in [-0.05, 0) is 6.92 Å². The topological polar surface area (TPSA) is 160 Å². The van der Waals surface area contributed by atoms with Gasteiger partial charge in [-0.2, -0.15) is 0 Å². The van der Waals surface area contributed by atoms with Crippen molar-refractivity contribution < 1.29 is 33.6 Å². The molecule has 5 N–H and O–H groups in total. The zero-order chi connectivity index (χ0) is 14.5. The van der Waals surface area contributed by atoms with Crippen molar-refractivity contribution in [2.75, 3.05) is 12.9 Å². The minimum Gasteiger partial charge on any atom is -0.548 e. The number of carboxylic acid groups (broad SMARTS) is 1. The molecule has 0 bridgehead atoms. The van der Waals surface area contributed by atoms with Gasteiger partial charge in [0, 0.05) is 6.26 Å². The first-order chi connectivity index (χ1) is 8.07. The Balaban J connectivity index is 4.48. The molecule has 1 unspecified atom stereocenters. The van der Waals surface area contributed by atoms with Crippen molar-refractivity contribution >= 4 is 27.6 Å². The van der Waals surface area contributed by atoms with Crippen molar-refractivity contribution in [1.82, 2.24) is 10.6 Å². The fourth-order valence-electron chi connectivity index (χ4n) is 0.962. The minimum absolute atomic E-state index is 0.392. The number of hydrogen-bond acceptors (Lipinski definition) is 6. The van der Waals surface area contributed by atoms with E-state index >= 15 is 0 Å². The average Bonchev–Trinajstić information content (AvgIpc) is 2.13. The van der Waals surface area contributed by atoms with Crippen LogP contribution in [0.4, 0.5) is 0 Å². The Hall–Kier alpha value is -1.68. The van der Waals surface area contributed by atoms with Gasteiger partial charge in [-0.3, -0.25) is 9.59 Å². The van der Waals surface area contributed by atoms with Crippen LogP contribution in [0.3, 0.4) is 0 Å². The number of carboxylic acids is 1. The van der Waals surface area contributed by atoms with Crippen LogP contribution in [-0.2, 0) is 24.2 Å². The third kappa shape index (κ3) is 5.10. The van der Waals surface area contributed by atoms with Crippen molar-refractivity contribution in [3.63, 3.8) is 0 Å². The van der Waals surface area contributed by atoms with Gasteiger partial charge in [0.15, 0.2) is 21.1 Å². The number of quaternary nitrogens is 1. The Morgan fingerprint density at radius 1 is 1.22 bits per heavy atom. The molecule has 0 aromatic carbocycles. The number of carbonyl (C=O) groups is 3. The van der Waals surface area contributed by atoms with Gasteiger partial charge in [0.05, 0.1) is 12.6 Å². The van der Waals surface area contributed by atoms with Crippen molar-refractivity contribution in [2.45, 2.75) is 18.2 Å². The van der Waals surface area contributed by atoms with Gasteiger partial charge in [-0.15, -0.1) is 0 Å². The zero-order valence-electron chi connectivity index (χ0n) is 9.93. The largest absolute Gasteiger partial charge is 0.548 e. The Morgan fingerprint density at radius 3 is 2.00 bits per heavy atom. The first-order valence-corrected chi connectivity index (χ1v) is 6.81. The predicted molar refractivity (Wildman–Crippen MR) is 57.1 cm³/mol. The van der Waals surface area contributed by atoms with E-state index in [2.05, 4.69) is 11.1 Å². The molecule has 0 saturated carbocycles. The van der Waals surface area contributed by atoms with Crippen LogP contribution in [0.25, 0.3) is 0 Å². The molecule has 0 aliphatic heterocycles. The molecular weight excluding hydrogens is 266 g/mol. The molecule has 104 valence electrons. The lowest BCUT2D eigenvalue weighted by Crippen LogP contribution is -2.66. The Kier molecular flexibility index (Phi) is 5.72. The van der Waals surface area contributed by atoms with Crippen LogP contribution >= 0.6 is 0 Å². The summed E-state index contributed by atoms with van der Waals surface area (Å²) in [5, 5.41) is 12.4. The summed E-state index contributed by atoms with van der Waals surface area (Å²) in [5.41, 5.74) is 3.41. The lowest BCUT2D eigenvalue weighted by Gasteiger charge is -2.16. The number of carbonyl (C=O) groups excluding carboxylic acids is 3. The lowest BCUT2D eigenvalue weighted by atomic mass is 10.3. The summed E-state index contributed by atoms with van der Waals surface area (Å²) < 4.78 is 22.1. The van der Waals surface area contributed by atoms with E-state index in [-0.39, 0.29) is 0 Å². The first kappa shape index (κ1) is 16.3. The molecule has 0 aliphatic rings. The third-order valence-electron chi connectivity index (χ3n) is 1.85. The van der Waals surface area contributed by atoms with E-state index < -0.39 is 45.6 Å². The quantitative estimate of drug-likeness (QED) is 0.326. The summed E-state index contributed by atoms with van der Waals surface area (Å²) >= 11 is 0. The molecule has 10 heteroatoms. The molecule has 9 nitrogen and oxygen atoms in total. The number of sulfone groups is 1. The summed E-state index contributed by atoms with van der Waals surface area (Å²) in [6.45, 7) is 1.12. The monoisotopic (exact) mass is 281 g/mol. The van der Waals surface area contributed by atoms with E-state index in [4.69, 9.17) is 0 Å². The van der Waals surface area contributed by atoms with Gasteiger partial charge in [0.25, 0.3) is 5.91 Å².